The second kappa shape index (κ2) is 17.9. The average molecular weight is 604 g/mol. The fourth-order valence-corrected chi connectivity index (χ4v) is 33.0. The van der Waals surface area contributed by atoms with Gasteiger partial charge < -0.3 is 0 Å². The van der Waals surface area contributed by atoms with E-state index in [4.69, 9.17) is 0 Å². The summed E-state index contributed by atoms with van der Waals surface area (Å²) in [5.41, 5.74) is 0. The van der Waals surface area contributed by atoms with Crippen LogP contribution in [0.2, 0.25) is 60.4 Å². The fraction of sp³-hybridized carbons (Fsp3) is 1.00. The van der Waals surface area contributed by atoms with Crippen LogP contribution in [0.3, 0.4) is 0 Å². The van der Waals surface area contributed by atoms with Gasteiger partial charge in [-0.25, -0.2) is 0 Å². The molecule has 0 amide bonds. The van der Waals surface area contributed by atoms with Crippen LogP contribution in [-0.2, 0) is 27.7 Å². The molecule has 0 aromatic heterocycles. The molecule has 25 heavy (non-hydrogen) atoms. The van der Waals surface area contributed by atoms with E-state index in [2.05, 4.69) is 69.2 Å². The molecule has 0 aromatic rings. The van der Waals surface area contributed by atoms with Crippen LogP contribution in [0.15, 0.2) is 0 Å². The summed E-state index contributed by atoms with van der Waals surface area (Å²) in [6.45, 7) is 24.3. The molecule has 0 N–H and O–H groups in total. The number of hydrogen-bond donors (Lipinski definition) is 0. The predicted octanol–water partition coefficient (Wildman–Crippen LogP) is 8.21. The van der Waals surface area contributed by atoms with Crippen LogP contribution >= 0.6 is 0 Å². The second-order valence-corrected chi connectivity index (χ2v) is 32.5. The summed E-state index contributed by atoms with van der Waals surface area (Å²) in [6.07, 6.45) is 0. The molecule has 0 saturated heterocycles. The minimum Gasteiger partial charge on any atom is -0.0682 e. The van der Waals surface area contributed by atoms with Crippen LogP contribution < -0.4 is 0 Å². The van der Waals surface area contributed by atoms with Crippen molar-refractivity contribution >= 4 is 31.8 Å². The van der Waals surface area contributed by atoms with Gasteiger partial charge in [0.15, 0.2) is 0 Å². The smallest absolute Gasteiger partial charge is 0.0442 e. The third-order valence-electron chi connectivity index (χ3n) is 7.27. The standard InChI is InChI=1S/2C10H25Si2.Hg/c2*1-6-11(7-2)12(8-3,9-4)10-5;/h2*6-10H2,1-5H3;. The molecule has 5 heteroatoms. The molecule has 0 nitrogen and oxygen atoms in total. The first kappa shape index (κ1) is 31.5. The predicted molar refractivity (Wildman–Crippen MR) is 128 cm³/mol. The maximum atomic E-state index is 2.44. The maximum Gasteiger partial charge on any atom is 0.0442 e. The van der Waals surface area contributed by atoms with Crippen LogP contribution in [0.5, 0.6) is 0 Å². The van der Waals surface area contributed by atoms with E-state index in [1.54, 1.807) is 0 Å². The molecule has 0 saturated carbocycles. The van der Waals surface area contributed by atoms with E-state index in [1.807, 2.05) is 0 Å². The van der Waals surface area contributed by atoms with Gasteiger partial charge in [-0.3, -0.25) is 0 Å². The maximum absolute atomic E-state index is 2.44. The van der Waals surface area contributed by atoms with Gasteiger partial charge in [0.05, 0.1) is 0 Å². The van der Waals surface area contributed by atoms with E-state index in [0.717, 1.165) is 0 Å². The molecule has 0 fully saturated rings. The molecular formula is C20H50HgSi4. The first-order chi connectivity index (χ1) is 11.4. The van der Waals surface area contributed by atoms with Gasteiger partial charge >= 0.3 is 0 Å². The van der Waals surface area contributed by atoms with E-state index < -0.39 is 15.2 Å². The summed E-state index contributed by atoms with van der Waals surface area (Å²) in [7, 11) is -1.36. The third kappa shape index (κ3) is 9.23. The molecule has 0 aliphatic rings. The summed E-state index contributed by atoms with van der Waals surface area (Å²) >= 11 is 0. The van der Waals surface area contributed by atoms with Crippen molar-refractivity contribution in [3.8, 4) is 0 Å². The van der Waals surface area contributed by atoms with Gasteiger partial charge in [-0.05, 0) is 0 Å². The molecular weight excluding hydrogens is 553 g/mol. The third-order valence-corrected chi connectivity index (χ3v) is 41.4. The Morgan fingerprint density at radius 2 is 0.560 bits per heavy atom. The molecule has 0 aromatic carbocycles. The summed E-state index contributed by atoms with van der Waals surface area (Å²) in [5.74, 6) is 0. The molecule has 2 radical (unpaired) electrons. The van der Waals surface area contributed by atoms with Crippen LogP contribution in [0, 0.1) is 0 Å². The van der Waals surface area contributed by atoms with Crippen molar-refractivity contribution in [1.82, 2.24) is 0 Å². The molecule has 0 aliphatic carbocycles. The van der Waals surface area contributed by atoms with Gasteiger partial charge in [0.1, 0.15) is 0 Å². The summed E-state index contributed by atoms with van der Waals surface area (Å²) in [6, 6.07) is 15.3. The van der Waals surface area contributed by atoms with Crippen molar-refractivity contribution in [3.63, 3.8) is 0 Å². The average Bonchev–Trinajstić information content (AvgIpc) is 2.65. The second-order valence-electron chi connectivity index (χ2n) is 7.30. The molecule has 0 unspecified atom stereocenters. The van der Waals surface area contributed by atoms with E-state index in [-0.39, 0.29) is 44.3 Å². The molecule has 0 spiro atoms. The van der Waals surface area contributed by atoms with Crippen molar-refractivity contribution in [1.29, 1.82) is 0 Å². The zero-order valence-corrected chi connectivity index (χ0v) is 29.3. The van der Waals surface area contributed by atoms with Gasteiger partial charge in [-0.1, -0.05) is 130 Å². The first-order valence-corrected chi connectivity index (χ1v) is 22.2. The quantitative estimate of drug-likeness (QED) is 0.197. The van der Waals surface area contributed by atoms with Gasteiger partial charge in [0.2, 0.25) is 0 Å². The monoisotopic (exact) mass is 604 g/mol. The van der Waals surface area contributed by atoms with Crippen LogP contribution in [-0.4, -0.2) is 31.8 Å². The Labute approximate surface area is 188 Å². The van der Waals surface area contributed by atoms with Gasteiger partial charge in [0, 0.05) is 59.5 Å². The number of hydrogen-bond acceptors (Lipinski definition) is 0. The summed E-state index contributed by atoms with van der Waals surface area (Å²) in [5, 5.41) is 0. The Balaban J connectivity index is -0.000000372. The zero-order valence-electron chi connectivity index (χ0n) is 19.8. The minimum atomic E-state index is -0.745. The molecule has 0 rings (SSSR count). The van der Waals surface area contributed by atoms with Crippen molar-refractivity contribution < 1.29 is 27.7 Å². The molecule has 0 bridgehead atoms. The minimum absolute atomic E-state index is 0. The van der Waals surface area contributed by atoms with Crippen molar-refractivity contribution in [2.45, 2.75) is 130 Å². The molecule has 148 valence electrons. The number of rotatable bonds is 12. The normalized spacial score (nSPS) is 12.0. The van der Waals surface area contributed by atoms with Crippen LogP contribution in [0.1, 0.15) is 69.2 Å². The Bertz CT molecular complexity index is 226. The Morgan fingerprint density at radius 3 is 0.600 bits per heavy atom. The topological polar surface area (TPSA) is 0 Å². The van der Waals surface area contributed by atoms with E-state index >= 15 is 0 Å². The Morgan fingerprint density at radius 1 is 0.400 bits per heavy atom. The Hall–Kier alpha value is 1.80. The summed E-state index contributed by atoms with van der Waals surface area (Å²) < 4.78 is 0. The largest absolute Gasteiger partial charge is 0.0682 e. The van der Waals surface area contributed by atoms with Gasteiger partial charge in [-0.2, -0.15) is 0 Å². The van der Waals surface area contributed by atoms with E-state index in [1.165, 1.54) is 60.4 Å². The first-order valence-electron chi connectivity index (χ1n) is 11.1. The Kier molecular flexibility index (Phi) is 22.5. The van der Waals surface area contributed by atoms with Crippen molar-refractivity contribution in [2.75, 3.05) is 0 Å². The van der Waals surface area contributed by atoms with Crippen LogP contribution in [0.25, 0.3) is 0 Å². The van der Waals surface area contributed by atoms with Crippen LogP contribution in [0.4, 0.5) is 0 Å². The van der Waals surface area contributed by atoms with E-state index in [9.17, 15) is 0 Å². The van der Waals surface area contributed by atoms with Crippen molar-refractivity contribution in [2.24, 2.45) is 0 Å². The van der Waals surface area contributed by atoms with Gasteiger partial charge in [-0.15, -0.1) is 0 Å². The van der Waals surface area contributed by atoms with E-state index in [0.29, 0.717) is 0 Å². The molecule has 0 aliphatic heterocycles. The zero-order chi connectivity index (χ0) is 19.2. The molecule has 0 atom stereocenters. The van der Waals surface area contributed by atoms with Gasteiger partial charge in [0.25, 0.3) is 0 Å². The summed E-state index contributed by atoms with van der Waals surface area (Å²) in [4.78, 5) is 0. The van der Waals surface area contributed by atoms with Crippen molar-refractivity contribution in [3.05, 3.63) is 0 Å². The fourth-order valence-electron chi connectivity index (χ4n) is 5.00. The SMILES string of the molecule is CC[Si](CC)[Si](CC)(CC)CC.CC[Si](CC)[Si](CC)(CC)CC.[Hg]. The molecule has 0 heterocycles.